The standard InChI is InChI=1S/C24H39N/c1-2-3-18-25(19-16-21-10-6-4-5-7-11-21)20-17-23-15-14-22-12-8-9-13-24(22)23/h8-9,12-13,21,23H,2-7,10-11,14-20H2,1H3. The summed E-state index contributed by atoms with van der Waals surface area (Å²) in [6.45, 7) is 6.30. The van der Waals surface area contributed by atoms with Crippen LogP contribution in [0.5, 0.6) is 0 Å². The molecule has 1 atom stereocenters. The average Bonchev–Trinajstić information content (AvgIpc) is 2.87. The zero-order valence-corrected chi connectivity index (χ0v) is 16.5. The van der Waals surface area contributed by atoms with Crippen molar-refractivity contribution in [1.29, 1.82) is 0 Å². The van der Waals surface area contributed by atoms with Crippen molar-refractivity contribution in [1.82, 2.24) is 4.90 Å². The molecule has 0 aromatic heterocycles. The first kappa shape index (κ1) is 19.0. The maximum atomic E-state index is 2.80. The number of rotatable bonds is 9. The van der Waals surface area contributed by atoms with Crippen LogP contribution < -0.4 is 0 Å². The van der Waals surface area contributed by atoms with E-state index in [-0.39, 0.29) is 0 Å². The van der Waals surface area contributed by atoms with Crippen molar-refractivity contribution >= 4 is 0 Å². The van der Waals surface area contributed by atoms with E-state index in [4.69, 9.17) is 0 Å². The highest BCUT2D eigenvalue weighted by Gasteiger charge is 2.22. The second kappa shape index (κ2) is 10.4. The Morgan fingerprint density at radius 2 is 1.64 bits per heavy atom. The number of fused-ring (bicyclic) bond motifs is 1. The lowest BCUT2D eigenvalue weighted by molar-refractivity contribution is 0.233. The normalized spacial score (nSPS) is 21.4. The number of hydrogen-bond donors (Lipinski definition) is 0. The fraction of sp³-hybridized carbons (Fsp3) is 0.750. The molecule has 25 heavy (non-hydrogen) atoms. The quantitative estimate of drug-likeness (QED) is 0.459. The molecule has 1 saturated carbocycles. The van der Waals surface area contributed by atoms with Crippen molar-refractivity contribution in [3.8, 4) is 0 Å². The molecule has 0 spiro atoms. The molecular formula is C24H39N. The molecule has 1 nitrogen and oxygen atoms in total. The molecule has 0 amide bonds. The van der Waals surface area contributed by atoms with Crippen molar-refractivity contribution in [2.24, 2.45) is 5.92 Å². The van der Waals surface area contributed by atoms with Gasteiger partial charge in [0.1, 0.15) is 0 Å². The molecule has 0 N–H and O–H groups in total. The van der Waals surface area contributed by atoms with Gasteiger partial charge in [0, 0.05) is 0 Å². The van der Waals surface area contributed by atoms with Crippen molar-refractivity contribution in [3.63, 3.8) is 0 Å². The first-order valence-corrected chi connectivity index (χ1v) is 11.2. The fourth-order valence-corrected chi connectivity index (χ4v) is 5.02. The predicted molar refractivity (Wildman–Crippen MR) is 109 cm³/mol. The Labute approximate surface area is 156 Å². The zero-order valence-electron chi connectivity index (χ0n) is 16.5. The van der Waals surface area contributed by atoms with Crippen LogP contribution in [0.25, 0.3) is 0 Å². The molecule has 0 bridgehead atoms. The van der Waals surface area contributed by atoms with Crippen molar-refractivity contribution in [2.75, 3.05) is 19.6 Å². The minimum absolute atomic E-state index is 0.818. The summed E-state index contributed by atoms with van der Waals surface area (Å²) in [5.74, 6) is 1.83. The maximum Gasteiger partial charge on any atom is -0.00129 e. The monoisotopic (exact) mass is 341 g/mol. The van der Waals surface area contributed by atoms with E-state index < -0.39 is 0 Å². The Bertz CT molecular complexity index is 487. The van der Waals surface area contributed by atoms with Crippen LogP contribution in [0.3, 0.4) is 0 Å². The fourth-order valence-electron chi connectivity index (χ4n) is 5.02. The number of unbranched alkanes of at least 4 members (excludes halogenated alkanes) is 1. The number of aryl methyl sites for hydroxylation is 1. The van der Waals surface area contributed by atoms with Crippen molar-refractivity contribution in [3.05, 3.63) is 35.4 Å². The smallest absolute Gasteiger partial charge is 0.00129 e. The van der Waals surface area contributed by atoms with E-state index in [0.29, 0.717) is 0 Å². The highest BCUT2D eigenvalue weighted by molar-refractivity contribution is 5.34. The van der Waals surface area contributed by atoms with Gasteiger partial charge in [-0.2, -0.15) is 0 Å². The van der Waals surface area contributed by atoms with Gasteiger partial charge < -0.3 is 4.90 Å². The lowest BCUT2D eigenvalue weighted by Gasteiger charge is -2.26. The number of hydrogen-bond acceptors (Lipinski definition) is 1. The van der Waals surface area contributed by atoms with E-state index in [1.807, 2.05) is 0 Å². The molecule has 1 aromatic rings. The molecule has 0 saturated heterocycles. The van der Waals surface area contributed by atoms with E-state index in [1.54, 1.807) is 11.1 Å². The first-order chi connectivity index (χ1) is 12.4. The molecule has 2 aliphatic rings. The molecule has 1 aromatic carbocycles. The second-order valence-electron chi connectivity index (χ2n) is 8.56. The Kier molecular flexibility index (Phi) is 7.85. The topological polar surface area (TPSA) is 3.24 Å². The van der Waals surface area contributed by atoms with Crippen molar-refractivity contribution in [2.45, 2.75) is 89.9 Å². The van der Waals surface area contributed by atoms with Crippen LogP contribution in [0, 0.1) is 5.92 Å². The van der Waals surface area contributed by atoms with Gasteiger partial charge in [0.25, 0.3) is 0 Å². The third kappa shape index (κ3) is 5.84. The SMILES string of the molecule is CCCCN(CCC1CCCCCC1)CCC1CCc2ccccc21. The van der Waals surface area contributed by atoms with Crippen LogP contribution in [0.15, 0.2) is 24.3 Å². The third-order valence-electron chi connectivity index (χ3n) is 6.71. The van der Waals surface area contributed by atoms with Crippen LogP contribution in [-0.2, 0) is 6.42 Å². The van der Waals surface area contributed by atoms with Crippen LogP contribution in [-0.4, -0.2) is 24.5 Å². The molecule has 1 fully saturated rings. The molecule has 0 heterocycles. The molecule has 1 heteroatoms. The first-order valence-electron chi connectivity index (χ1n) is 11.2. The van der Waals surface area contributed by atoms with Gasteiger partial charge in [-0.25, -0.2) is 0 Å². The number of nitrogens with zero attached hydrogens (tertiary/aromatic N) is 1. The van der Waals surface area contributed by atoms with Crippen LogP contribution in [0.2, 0.25) is 0 Å². The minimum atomic E-state index is 0.818. The van der Waals surface area contributed by atoms with Gasteiger partial charge in [-0.05, 0) is 74.7 Å². The van der Waals surface area contributed by atoms with Crippen molar-refractivity contribution < 1.29 is 0 Å². The van der Waals surface area contributed by atoms with E-state index in [2.05, 4.69) is 36.1 Å². The lowest BCUT2D eigenvalue weighted by Crippen LogP contribution is -2.29. The van der Waals surface area contributed by atoms with Gasteiger partial charge >= 0.3 is 0 Å². The summed E-state index contributed by atoms with van der Waals surface area (Å²) >= 11 is 0. The summed E-state index contributed by atoms with van der Waals surface area (Å²) in [4.78, 5) is 2.80. The van der Waals surface area contributed by atoms with Gasteiger partial charge in [0.15, 0.2) is 0 Å². The van der Waals surface area contributed by atoms with Gasteiger partial charge in [-0.15, -0.1) is 0 Å². The van der Waals surface area contributed by atoms with Crippen LogP contribution in [0.1, 0.15) is 94.6 Å². The molecule has 2 aliphatic carbocycles. The molecule has 1 unspecified atom stereocenters. The summed E-state index contributed by atoms with van der Waals surface area (Å²) in [7, 11) is 0. The van der Waals surface area contributed by atoms with Gasteiger partial charge in [-0.1, -0.05) is 76.1 Å². The molecule has 3 rings (SSSR count). The predicted octanol–water partition coefficient (Wildman–Crippen LogP) is 6.57. The van der Waals surface area contributed by atoms with E-state index in [0.717, 1.165) is 11.8 Å². The summed E-state index contributed by atoms with van der Waals surface area (Å²) < 4.78 is 0. The van der Waals surface area contributed by atoms with E-state index >= 15 is 0 Å². The third-order valence-corrected chi connectivity index (χ3v) is 6.71. The minimum Gasteiger partial charge on any atom is -0.303 e. The molecule has 0 radical (unpaired) electrons. The van der Waals surface area contributed by atoms with Gasteiger partial charge in [0.05, 0.1) is 0 Å². The number of benzene rings is 1. The highest BCUT2D eigenvalue weighted by Crippen LogP contribution is 2.35. The summed E-state index contributed by atoms with van der Waals surface area (Å²) in [5.41, 5.74) is 3.27. The Morgan fingerprint density at radius 1 is 0.880 bits per heavy atom. The summed E-state index contributed by atoms with van der Waals surface area (Å²) in [5, 5.41) is 0. The Morgan fingerprint density at radius 3 is 2.44 bits per heavy atom. The average molecular weight is 342 g/mol. The highest BCUT2D eigenvalue weighted by atomic mass is 15.1. The van der Waals surface area contributed by atoms with E-state index in [1.165, 1.54) is 96.7 Å². The lowest BCUT2D eigenvalue weighted by atomic mass is 9.95. The Balaban J connectivity index is 1.47. The summed E-state index contributed by atoms with van der Waals surface area (Å²) in [6.07, 6.45) is 17.1. The second-order valence-corrected chi connectivity index (χ2v) is 8.56. The molecule has 140 valence electrons. The van der Waals surface area contributed by atoms with Crippen LogP contribution in [0.4, 0.5) is 0 Å². The van der Waals surface area contributed by atoms with Gasteiger partial charge in [-0.3, -0.25) is 0 Å². The molecular weight excluding hydrogens is 302 g/mol. The van der Waals surface area contributed by atoms with E-state index in [9.17, 15) is 0 Å². The van der Waals surface area contributed by atoms with Crippen LogP contribution >= 0.6 is 0 Å². The maximum absolute atomic E-state index is 2.80. The molecule has 0 aliphatic heterocycles. The Hall–Kier alpha value is -0.820. The van der Waals surface area contributed by atoms with Gasteiger partial charge in [0.2, 0.25) is 0 Å². The summed E-state index contributed by atoms with van der Waals surface area (Å²) in [6, 6.07) is 9.17. The zero-order chi connectivity index (χ0) is 17.3. The largest absolute Gasteiger partial charge is 0.303 e.